The fraction of sp³-hybridized carbons (Fsp3) is 0.143. The molecule has 0 aliphatic rings. The van der Waals surface area contributed by atoms with Gasteiger partial charge in [0.15, 0.2) is 6.61 Å². The first-order chi connectivity index (χ1) is 10.0. The topological polar surface area (TPSA) is 50.7 Å². The van der Waals surface area contributed by atoms with E-state index in [0.29, 0.717) is 15.8 Å². The summed E-state index contributed by atoms with van der Waals surface area (Å²) in [6.07, 6.45) is 0. The van der Waals surface area contributed by atoms with Crippen LogP contribution in [-0.4, -0.2) is 18.2 Å². The van der Waals surface area contributed by atoms with Crippen molar-refractivity contribution in [3.8, 4) is 5.75 Å². The van der Waals surface area contributed by atoms with Crippen molar-refractivity contribution in [2.75, 3.05) is 6.61 Å². The van der Waals surface area contributed by atoms with Gasteiger partial charge >= 0.3 is 0 Å². The highest BCUT2D eigenvalue weighted by atomic mass is 79.9. The van der Waals surface area contributed by atoms with Gasteiger partial charge in [-0.3, -0.25) is 4.79 Å². The number of nitrogens with one attached hydrogen (secondary N) is 1. The third-order valence-electron chi connectivity index (χ3n) is 2.44. The third-order valence-corrected chi connectivity index (χ3v) is 4.28. The molecule has 0 atom stereocenters. The lowest BCUT2D eigenvalue weighted by Gasteiger charge is -2.05. The van der Waals surface area contributed by atoms with E-state index in [0.717, 1.165) is 9.35 Å². The SMILES string of the molecule is C/C(=N\NC(=O)COc1cccc(Br)c1)c1ccc(Cl)s1. The number of rotatable bonds is 5. The molecule has 21 heavy (non-hydrogen) atoms. The van der Waals surface area contributed by atoms with Gasteiger partial charge in [0, 0.05) is 4.47 Å². The van der Waals surface area contributed by atoms with Gasteiger partial charge in [-0.15, -0.1) is 11.3 Å². The van der Waals surface area contributed by atoms with Gasteiger partial charge in [-0.2, -0.15) is 5.10 Å². The summed E-state index contributed by atoms with van der Waals surface area (Å²) in [4.78, 5) is 12.6. The molecule has 0 spiro atoms. The molecular formula is C14H12BrClN2O2S. The number of thiophene rings is 1. The first-order valence-corrected chi connectivity index (χ1v) is 8.00. The van der Waals surface area contributed by atoms with Gasteiger partial charge in [-0.1, -0.05) is 33.6 Å². The van der Waals surface area contributed by atoms with E-state index in [2.05, 4.69) is 26.5 Å². The molecule has 0 aliphatic carbocycles. The van der Waals surface area contributed by atoms with Crippen LogP contribution in [0.5, 0.6) is 5.75 Å². The van der Waals surface area contributed by atoms with Crippen molar-refractivity contribution in [1.82, 2.24) is 5.43 Å². The Balaban J connectivity index is 1.84. The Bertz CT molecular complexity index is 672. The van der Waals surface area contributed by atoms with E-state index in [1.54, 1.807) is 25.1 Å². The van der Waals surface area contributed by atoms with Crippen LogP contribution in [-0.2, 0) is 4.79 Å². The van der Waals surface area contributed by atoms with Gasteiger partial charge in [0.25, 0.3) is 5.91 Å². The molecule has 0 bridgehead atoms. The molecule has 7 heteroatoms. The Hall–Kier alpha value is -1.37. The monoisotopic (exact) mass is 386 g/mol. The molecule has 2 aromatic rings. The van der Waals surface area contributed by atoms with E-state index in [9.17, 15) is 4.79 Å². The molecule has 0 saturated heterocycles. The summed E-state index contributed by atoms with van der Waals surface area (Å²) in [6, 6.07) is 10.9. The van der Waals surface area contributed by atoms with Crippen molar-refractivity contribution >= 4 is 50.5 Å². The van der Waals surface area contributed by atoms with E-state index in [1.165, 1.54) is 11.3 Å². The second-order valence-corrected chi connectivity index (χ2v) is 6.71. The average molecular weight is 388 g/mol. The van der Waals surface area contributed by atoms with Gasteiger partial charge in [-0.05, 0) is 37.3 Å². The summed E-state index contributed by atoms with van der Waals surface area (Å²) in [7, 11) is 0. The lowest BCUT2D eigenvalue weighted by atomic mass is 10.3. The largest absolute Gasteiger partial charge is 0.484 e. The molecule has 1 aromatic carbocycles. The van der Waals surface area contributed by atoms with E-state index >= 15 is 0 Å². The van der Waals surface area contributed by atoms with Crippen molar-refractivity contribution in [1.29, 1.82) is 0 Å². The van der Waals surface area contributed by atoms with Crippen molar-refractivity contribution in [2.24, 2.45) is 5.10 Å². The minimum atomic E-state index is -0.322. The molecule has 110 valence electrons. The Labute approximate surface area is 139 Å². The first kappa shape index (κ1) is 16.0. The van der Waals surface area contributed by atoms with Crippen molar-refractivity contribution in [3.63, 3.8) is 0 Å². The summed E-state index contributed by atoms with van der Waals surface area (Å²) in [5.74, 6) is 0.294. The fourth-order valence-electron chi connectivity index (χ4n) is 1.45. The van der Waals surface area contributed by atoms with E-state index < -0.39 is 0 Å². The molecule has 1 heterocycles. The molecule has 1 aromatic heterocycles. The minimum Gasteiger partial charge on any atom is -0.484 e. The van der Waals surface area contributed by atoms with Gasteiger partial charge in [0.05, 0.1) is 14.9 Å². The fourth-order valence-corrected chi connectivity index (χ4v) is 2.81. The maximum atomic E-state index is 11.7. The standard InChI is InChI=1S/C14H12BrClN2O2S/c1-9(12-5-6-13(16)21-12)17-18-14(19)8-20-11-4-2-3-10(15)7-11/h2-7H,8H2,1H3,(H,18,19)/b17-9+. The minimum absolute atomic E-state index is 0.0988. The highest BCUT2D eigenvalue weighted by molar-refractivity contribution is 9.10. The normalized spacial score (nSPS) is 11.3. The van der Waals surface area contributed by atoms with Crippen LogP contribution >= 0.6 is 38.9 Å². The second kappa shape index (κ2) is 7.59. The molecule has 0 aliphatic heterocycles. The number of ether oxygens (including phenoxy) is 1. The zero-order valence-corrected chi connectivity index (χ0v) is 14.3. The van der Waals surface area contributed by atoms with Crippen LogP contribution in [0.4, 0.5) is 0 Å². The molecule has 0 unspecified atom stereocenters. The lowest BCUT2D eigenvalue weighted by molar-refractivity contribution is -0.123. The summed E-state index contributed by atoms with van der Waals surface area (Å²) in [5.41, 5.74) is 3.15. The number of amides is 1. The van der Waals surface area contributed by atoms with Crippen molar-refractivity contribution in [3.05, 3.63) is 50.1 Å². The lowest BCUT2D eigenvalue weighted by Crippen LogP contribution is -2.25. The predicted octanol–water partition coefficient (Wildman–Crippen LogP) is 4.08. The van der Waals surface area contributed by atoms with Gasteiger partial charge in [0.1, 0.15) is 5.75 Å². The molecule has 1 amide bonds. The van der Waals surface area contributed by atoms with Gasteiger partial charge in [-0.25, -0.2) is 5.43 Å². The quantitative estimate of drug-likeness (QED) is 0.621. The van der Waals surface area contributed by atoms with Gasteiger partial charge in [0.2, 0.25) is 0 Å². The van der Waals surface area contributed by atoms with Crippen LogP contribution in [0.15, 0.2) is 46.0 Å². The number of benzene rings is 1. The zero-order valence-electron chi connectivity index (χ0n) is 11.1. The molecular weight excluding hydrogens is 376 g/mol. The smallest absolute Gasteiger partial charge is 0.277 e. The van der Waals surface area contributed by atoms with E-state index in [4.69, 9.17) is 16.3 Å². The van der Waals surface area contributed by atoms with E-state index in [-0.39, 0.29) is 12.5 Å². The molecule has 0 radical (unpaired) electrons. The molecule has 0 saturated carbocycles. The van der Waals surface area contributed by atoms with Crippen molar-refractivity contribution in [2.45, 2.75) is 6.92 Å². The van der Waals surface area contributed by atoms with E-state index in [1.807, 2.05) is 18.2 Å². The summed E-state index contributed by atoms with van der Waals surface area (Å²) < 4.78 is 6.94. The van der Waals surface area contributed by atoms with Crippen LogP contribution < -0.4 is 10.2 Å². The average Bonchev–Trinajstić information content (AvgIpc) is 2.89. The summed E-state index contributed by atoms with van der Waals surface area (Å²) in [6.45, 7) is 1.70. The van der Waals surface area contributed by atoms with Crippen LogP contribution in [0.25, 0.3) is 0 Å². The number of hydrogen-bond donors (Lipinski definition) is 1. The first-order valence-electron chi connectivity index (χ1n) is 6.02. The van der Waals surface area contributed by atoms with Crippen molar-refractivity contribution < 1.29 is 9.53 Å². The van der Waals surface area contributed by atoms with Gasteiger partial charge < -0.3 is 4.74 Å². The van der Waals surface area contributed by atoms with Crippen LogP contribution in [0.3, 0.4) is 0 Å². The molecule has 4 nitrogen and oxygen atoms in total. The number of nitrogens with zero attached hydrogens (tertiary/aromatic N) is 1. The maximum Gasteiger partial charge on any atom is 0.277 e. The number of carbonyl (C=O) groups is 1. The second-order valence-electron chi connectivity index (χ2n) is 4.08. The number of halogens is 2. The van der Waals surface area contributed by atoms with Crippen LogP contribution in [0.2, 0.25) is 4.34 Å². The summed E-state index contributed by atoms with van der Waals surface area (Å²) in [5, 5.41) is 4.02. The molecule has 1 N–H and O–H groups in total. The van der Waals surface area contributed by atoms with Crippen LogP contribution in [0, 0.1) is 0 Å². The highest BCUT2D eigenvalue weighted by Gasteiger charge is 2.05. The van der Waals surface area contributed by atoms with Crippen LogP contribution in [0.1, 0.15) is 11.8 Å². The Kier molecular flexibility index (Phi) is 5.78. The third kappa shape index (κ3) is 5.15. The maximum absolute atomic E-state index is 11.7. The zero-order chi connectivity index (χ0) is 15.2. The number of carbonyl (C=O) groups excluding carboxylic acids is 1. The highest BCUT2D eigenvalue weighted by Crippen LogP contribution is 2.21. The molecule has 0 fully saturated rings. The number of hydrazone groups is 1. The Morgan fingerprint density at radius 1 is 1.43 bits per heavy atom. The Morgan fingerprint density at radius 2 is 2.24 bits per heavy atom. The summed E-state index contributed by atoms with van der Waals surface area (Å²) >= 11 is 10.6. The Morgan fingerprint density at radius 3 is 2.90 bits per heavy atom. The molecule has 2 rings (SSSR count). The predicted molar refractivity (Wildman–Crippen MR) is 89.3 cm³/mol. The number of hydrogen-bond acceptors (Lipinski definition) is 4.